The van der Waals surface area contributed by atoms with E-state index in [4.69, 9.17) is 21.4 Å². The van der Waals surface area contributed by atoms with Crippen molar-refractivity contribution in [2.24, 2.45) is 0 Å². The normalized spacial score (nSPS) is 11.5. The van der Waals surface area contributed by atoms with Crippen LogP contribution in [0.4, 0.5) is 17.6 Å². The van der Waals surface area contributed by atoms with Crippen LogP contribution < -0.4 is 4.74 Å². The van der Waals surface area contributed by atoms with Gasteiger partial charge in [0.05, 0.1) is 17.2 Å². The van der Waals surface area contributed by atoms with Crippen molar-refractivity contribution in [3.63, 3.8) is 0 Å². The summed E-state index contributed by atoms with van der Waals surface area (Å²) in [4.78, 5) is 3.39. The smallest absolute Gasteiger partial charge is 0.417 e. The van der Waals surface area contributed by atoms with Crippen LogP contribution in [0.15, 0.2) is 30.3 Å². The summed E-state index contributed by atoms with van der Waals surface area (Å²) in [6.07, 6.45) is -4.63. The van der Waals surface area contributed by atoms with Crippen LogP contribution in [0.25, 0.3) is 0 Å². The average Bonchev–Trinajstić information content (AvgIpc) is 2.40. The van der Waals surface area contributed by atoms with Gasteiger partial charge in [-0.2, -0.15) is 22.5 Å². The summed E-state index contributed by atoms with van der Waals surface area (Å²) in [5, 5.41) is 8.33. The van der Waals surface area contributed by atoms with Gasteiger partial charge in [0, 0.05) is 11.6 Å². The molecule has 0 saturated carbocycles. The molecule has 0 atom stereocenters. The summed E-state index contributed by atoms with van der Waals surface area (Å²) in [6, 6.07) is 5.38. The van der Waals surface area contributed by atoms with Crippen molar-refractivity contribution in [3.8, 4) is 11.6 Å². The van der Waals surface area contributed by atoms with E-state index in [1.54, 1.807) is 0 Å². The number of hydrogen-bond acceptors (Lipinski definition) is 3. The Balaban J connectivity index is 2.30. The van der Waals surface area contributed by atoms with Crippen LogP contribution in [-0.4, -0.2) is 10.1 Å². The van der Waals surface area contributed by atoms with Crippen LogP contribution in [0.1, 0.15) is 11.1 Å². The van der Waals surface area contributed by atoms with Crippen LogP contribution >= 0.6 is 11.6 Å². The second kappa shape index (κ2) is 5.87. The molecule has 1 aromatic carbocycles. The average molecular weight is 322 g/mol. The Hall–Kier alpha value is -1.86. The van der Waals surface area contributed by atoms with E-state index >= 15 is 0 Å². The van der Waals surface area contributed by atoms with Crippen LogP contribution in [0, 0.1) is 5.95 Å². The first kappa shape index (κ1) is 15.5. The van der Waals surface area contributed by atoms with Crippen LogP contribution in [0.3, 0.4) is 0 Å². The number of hydrogen-bond donors (Lipinski definition) is 1. The molecule has 21 heavy (non-hydrogen) atoms. The Bertz CT molecular complexity index is 661. The fourth-order valence-corrected chi connectivity index (χ4v) is 1.75. The Kier molecular flexibility index (Phi) is 4.34. The molecule has 0 radical (unpaired) electrons. The largest absolute Gasteiger partial charge is 0.439 e. The number of rotatable bonds is 3. The van der Waals surface area contributed by atoms with E-state index in [0.29, 0.717) is 6.07 Å². The lowest BCUT2D eigenvalue weighted by molar-refractivity contribution is -0.137. The van der Waals surface area contributed by atoms with E-state index in [9.17, 15) is 17.6 Å². The molecule has 8 heteroatoms. The number of pyridine rings is 1. The third kappa shape index (κ3) is 3.62. The van der Waals surface area contributed by atoms with Crippen molar-refractivity contribution in [2.45, 2.75) is 12.8 Å². The van der Waals surface area contributed by atoms with Crippen molar-refractivity contribution >= 4 is 11.6 Å². The van der Waals surface area contributed by atoms with Gasteiger partial charge in [-0.05, 0) is 24.3 Å². The molecule has 0 fully saturated rings. The number of halogens is 5. The summed E-state index contributed by atoms with van der Waals surface area (Å²) in [7, 11) is 0. The van der Waals surface area contributed by atoms with Crippen LogP contribution in [0.5, 0.6) is 11.6 Å². The maximum Gasteiger partial charge on any atom is 0.417 e. The van der Waals surface area contributed by atoms with Gasteiger partial charge in [0.1, 0.15) is 5.75 Å². The number of ether oxygens (including phenoxy) is 1. The minimum Gasteiger partial charge on any atom is -0.439 e. The van der Waals surface area contributed by atoms with Gasteiger partial charge in [-0.1, -0.05) is 11.6 Å². The molecule has 1 N–H and O–H groups in total. The Morgan fingerprint density at radius 2 is 1.90 bits per heavy atom. The molecule has 1 heterocycles. The fraction of sp³-hybridized carbons (Fsp3) is 0.154. The van der Waals surface area contributed by atoms with Gasteiger partial charge >= 0.3 is 6.18 Å². The van der Waals surface area contributed by atoms with E-state index in [1.807, 2.05) is 0 Å². The van der Waals surface area contributed by atoms with Gasteiger partial charge in [-0.15, -0.1) is 0 Å². The zero-order valence-corrected chi connectivity index (χ0v) is 11.0. The van der Waals surface area contributed by atoms with Gasteiger partial charge in [0.15, 0.2) is 0 Å². The van der Waals surface area contributed by atoms with Gasteiger partial charge in [0.25, 0.3) is 0 Å². The topological polar surface area (TPSA) is 42.4 Å². The van der Waals surface area contributed by atoms with Crippen molar-refractivity contribution in [1.82, 2.24) is 4.98 Å². The molecule has 0 unspecified atom stereocenters. The Labute approximate surface area is 121 Å². The number of aliphatic hydroxyl groups is 1. The van der Waals surface area contributed by atoms with Crippen LogP contribution in [0.2, 0.25) is 5.02 Å². The number of aromatic nitrogens is 1. The summed E-state index contributed by atoms with van der Waals surface area (Å²) < 4.78 is 56.5. The van der Waals surface area contributed by atoms with E-state index in [-0.39, 0.29) is 17.2 Å². The summed E-state index contributed by atoms with van der Waals surface area (Å²) in [6.45, 7) is -0.543. The lowest BCUT2D eigenvalue weighted by Crippen LogP contribution is -2.06. The highest BCUT2D eigenvalue weighted by Crippen LogP contribution is 2.37. The molecule has 0 aliphatic carbocycles. The minimum absolute atomic E-state index is 0.0468. The van der Waals surface area contributed by atoms with Crippen molar-refractivity contribution in [1.29, 1.82) is 0 Å². The quantitative estimate of drug-likeness (QED) is 0.681. The van der Waals surface area contributed by atoms with E-state index in [2.05, 4.69) is 4.98 Å². The highest BCUT2D eigenvalue weighted by atomic mass is 35.5. The standard InChI is InChI=1S/C13H8ClF4NO2/c14-10-3-2-8(5-9(10)13(16,17)18)21-11-4-1-7(6-20)12(15)19-11/h1-5,20H,6H2. The molecule has 112 valence electrons. The molecular weight excluding hydrogens is 314 g/mol. The number of aliphatic hydroxyl groups excluding tert-OH is 1. The van der Waals surface area contributed by atoms with Crippen molar-refractivity contribution in [3.05, 3.63) is 52.4 Å². The molecule has 0 saturated heterocycles. The predicted molar refractivity (Wildman–Crippen MR) is 66.6 cm³/mol. The molecule has 0 aliphatic rings. The molecule has 2 aromatic rings. The molecule has 0 aliphatic heterocycles. The highest BCUT2D eigenvalue weighted by molar-refractivity contribution is 6.31. The van der Waals surface area contributed by atoms with Gasteiger partial charge in [-0.25, -0.2) is 0 Å². The number of nitrogens with zero attached hydrogens (tertiary/aromatic N) is 1. The van der Waals surface area contributed by atoms with Crippen molar-refractivity contribution in [2.75, 3.05) is 0 Å². The molecule has 0 spiro atoms. The fourth-order valence-electron chi connectivity index (χ4n) is 1.53. The molecule has 3 nitrogen and oxygen atoms in total. The predicted octanol–water partition coefficient (Wildman–Crippen LogP) is 4.18. The van der Waals surface area contributed by atoms with Crippen molar-refractivity contribution < 1.29 is 27.4 Å². The third-order valence-electron chi connectivity index (χ3n) is 2.54. The lowest BCUT2D eigenvalue weighted by atomic mass is 10.2. The van der Waals surface area contributed by atoms with Gasteiger partial charge < -0.3 is 9.84 Å². The summed E-state index contributed by atoms with van der Waals surface area (Å²) in [5.41, 5.74) is -1.11. The Morgan fingerprint density at radius 1 is 1.19 bits per heavy atom. The summed E-state index contributed by atoms with van der Waals surface area (Å²) >= 11 is 5.47. The van der Waals surface area contributed by atoms with E-state index < -0.39 is 29.3 Å². The first-order chi connectivity index (χ1) is 9.81. The maximum absolute atomic E-state index is 13.3. The molecule has 1 aromatic heterocycles. The van der Waals surface area contributed by atoms with Gasteiger partial charge in [0.2, 0.25) is 11.8 Å². The zero-order valence-electron chi connectivity index (χ0n) is 10.3. The molecule has 0 bridgehead atoms. The first-order valence-corrected chi connectivity index (χ1v) is 6.00. The lowest BCUT2D eigenvalue weighted by Gasteiger charge is -2.11. The minimum atomic E-state index is -4.63. The first-order valence-electron chi connectivity index (χ1n) is 5.62. The second-order valence-electron chi connectivity index (χ2n) is 4.00. The zero-order chi connectivity index (χ0) is 15.6. The molecular formula is C13H8ClF4NO2. The maximum atomic E-state index is 13.3. The second-order valence-corrected chi connectivity index (χ2v) is 4.41. The van der Waals surface area contributed by atoms with Crippen LogP contribution in [-0.2, 0) is 12.8 Å². The van der Waals surface area contributed by atoms with Gasteiger partial charge in [-0.3, -0.25) is 0 Å². The SMILES string of the molecule is OCc1ccc(Oc2ccc(Cl)c(C(F)(F)F)c2)nc1F. The molecule has 0 amide bonds. The molecule has 2 rings (SSSR count). The Morgan fingerprint density at radius 3 is 2.48 bits per heavy atom. The highest BCUT2D eigenvalue weighted by Gasteiger charge is 2.33. The monoisotopic (exact) mass is 321 g/mol. The third-order valence-corrected chi connectivity index (χ3v) is 2.87. The number of benzene rings is 1. The van der Waals surface area contributed by atoms with E-state index in [1.165, 1.54) is 18.2 Å². The number of alkyl halides is 3. The summed E-state index contributed by atoms with van der Waals surface area (Å²) in [5.74, 6) is -1.38. The van der Waals surface area contributed by atoms with E-state index in [0.717, 1.165) is 6.07 Å².